The van der Waals surface area contributed by atoms with E-state index >= 15 is 0 Å². The third-order valence-electron chi connectivity index (χ3n) is 5.72. The van der Waals surface area contributed by atoms with Crippen molar-refractivity contribution < 1.29 is 14.4 Å². The van der Waals surface area contributed by atoms with Gasteiger partial charge in [-0.05, 0) is 24.6 Å². The van der Waals surface area contributed by atoms with Crippen LogP contribution in [0.3, 0.4) is 0 Å². The zero-order valence-electron chi connectivity index (χ0n) is 17.2. The summed E-state index contributed by atoms with van der Waals surface area (Å²) in [7, 11) is 0. The Morgan fingerprint density at radius 2 is 2.03 bits per heavy atom. The molecule has 1 aliphatic heterocycles. The molecule has 8 heteroatoms. The molecule has 4 aromatic rings. The number of carbonyl (C=O) groups excluding carboxylic acids is 1. The lowest BCUT2D eigenvalue weighted by Gasteiger charge is -2.14. The predicted octanol–water partition coefficient (Wildman–Crippen LogP) is 2.45. The van der Waals surface area contributed by atoms with Gasteiger partial charge in [-0.25, -0.2) is 9.67 Å². The lowest BCUT2D eigenvalue weighted by molar-refractivity contribution is 0.0760. The van der Waals surface area contributed by atoms with Crippen LogP contribution >= 0.6 is 0 Å². The number of pyridine rings is 1. The average Bonchev–Trinajstić information content (AvgIpc) is 3.47. The van der Waals surface area contributed by atoms with Gasteiger partial charge in [-0.3, -0.25) is 4.79 Å². The largest absolute Gasteiger partial charge is 0.391 e. The minimum Gasteiger partial charge on any atom is -0.391 e. The van der Waals surface area contributed by atoms with Crippen LogP contribution in [-0.4, -0.2) is 55.0 Å². The van der Waals surface area contributed by atoms with Crippen LogP contribution in [0.25, 0.3) is 11.0 Å². The van der Waals surface area contributed by atoms with Gasteiger partial charge in [0.05, 0.1) is 23.7 Å². The van der Waals surface area contributed by atoms with E-state index in [0.717, 1.165) is 17.0 Å². The van der Waals surface area contributed by atoms with Gasteiger partial charge in [0.1, 0.15) is 5.76 Å². The second-order valence-electron chi connectivity index (χ2n) is 8.04. The van der Waals surface area contributed by atoms with E-state index in [1.807, 2.05) is 55.5 Å². The molecule has 3 aromatic heterocycles. The van der Waals surface area contributed by atoms with Crippen molar-refractivity contribution in [3.63, 3.8) is 0 Å². The van der Waals surface area contributed by atoms with Gasteiger partial charge in [0.15, 0.2) is 11.3 Å². The number of amides is 1. The zero-order valence-corrected chi connectivity index (χ0v) is 17.2. The summed E-state index contributed by atoms with van der Waals surface area (Å²) in [5, 5.41) is 19.8. The Balaban J connectivity index is 1.39. The summed E-state index contributed by atoms with van der Waals surface area (Å²) in [5.41, 5.74) is 2.92. The summed E-state index contributed by atoms with van der Waals surface area (Å²) < 4.78 is 7.05. The highest BCUT2D eigenvalue weighted by Crippen LogP contribution is 2.26. The number of likely N-dealkylation sites (tertiary alicyclic amines) is 1. The van der Waals surface area contributed by atoms with E-state index < -0.39 is 6.10 Å². The van der Waals surface area contributed by atoms with Crippen molar-refractivity contribution in [1.82, 2.24) is 24.8 Å². The Morgan fingerprint density at radius 1 is 1.19 bits per heavy atom. The fraction of sp³-hybridized carbons (Fsp3) is 0.304. The minimum atomic E-state index is -0.620. The highest BCUT2D eigenvalue weighted by molar-refractivity contribution is 6.04. The smallest absolute Gasteiger partial charge is 0.275 e. The molecule has 5 rings (SSSR count). The van der Waals surface area contributed by atoms with Gasteiger partial charge < -0.3 is 14.5 Å². The molecule has 1 saturated heterocycles. The number of β-amino-alcohol motifs (C(OH)–C–C–N with tert-alkyl or cyclic N) is 1. The number of nitrogens with zero attached hydrogens (tertiary/aromatic N) is 5. The van der Waals surface area contributed by atoms with Crippen LogP contribution in [0.15, 0.2) is 59.3 Å². The fourth-order valence-corrected chi connectivity index (χ4v) is 4.18. The van der Waals surface area contributed by atoms with Crippen LogP contribution in [-0.2, 0) is 13.0 Å². The molecule has 0 aliphatic carbocycles. The Kier molecular flexibility index (Phi) is 4.99. The van der Waals surface area contributed by atoms with E-state index in [2.05, 4.69) is 15.2 Å². The maximum atomic E-state index is 13.3. The number of aliphatic hydroxyl groups is 1. The second-order valence-corrected chi connectivity index (χ2v) is 8.04. The average molecular weight is 417 g/mol. The van der Waals surface area contributed by atoms with Crippen molar-refractivity contribution in [3.8, 4) is 0 Å². The van der Waals surface area contributed by atoms with Gasteiger partial charge >= 0.3 is 0 Å². The molecular formula is C23H23N5O3. The van der Waals surface area contributed by atoms with Crippen molar-refractivity contribution in [2.75, 3.05) is 13.1 Å². The molecule has 0 spiro atoms. The standard InChI is InChI=1S/C23H23N5O3/c1-15-10-18(31-26-15)11-17-13-27(14-20(17)29)23(30)21-19-8-5-9-24-22(19)28(25-21)12-16-6-3-2-4-7-16/h2-10,17,20,29H,11-14H2,1H3/t17-,20+/m1/s1. The number of hydrogen-bond acceptors (Lipinski definition) is 6. The number of benzene rings is 1. The molecule has 0 unspecified atom stereocenters. The third-order valence-corrected chi connectivity index (χ3v) is 5.72. The Hall–Kier alpha value is -3.52. The predicted molar refractivity (Wildman–Crippen MR) is 113 cm³/mol. The first-order valence-electron chi connectivity index (χ1n) is 10.3. The Morgan fingerprint density at radius 3 is 2.81 bits per heavy atom. The topological polar surface area (TPSA) is 97.3 Å². The molecule has 158 valence electrons. The molecule has 0 bridgehead atoms. The summed E-state index contributed by atoms with van der Waals surface area (Å²) in [4.78, 5) is 19.5. The first-order valence-corrected chi connectivity index (χ1v) is 10.3. The molecule has 2 atom stereocenters. The van der Waals surface area contributed by atoms with E-state index in [4.69, 9.17) is 4.52 Å². The number of aliphatic hydroxyl groups excluding tert-OH is 1. The lowest BCUT2D eigenvalue weighted by Crippen LogP contribution is -2.30. The summed E-state index contributed by atoms with van der Waals surface area (Å²) >= 11 is 0. The Labute approximate surface area is 179 Å². The number of hydrogen-bond donors (Lipinski definition) is 1. The maximum Gasteiger partial charge on any atom is 0.275 e. The van der Waals surface area contributed by atoms with Crippen molar-refractivity contribution in [1.29, 1.82) is 0 Å². The number of carbonyl (C=O) groups is 1. The van der Waals surface area contributed by atoms with Crippen LogP contribution in [0, 0.1) is 12.8 Å². The highest BCUT2D eigenvalue weighted by Gasteiger charge is 2.36. The van der Waals surface area contributed by atoms with Crippen molar-refractivity contribution in [2.24, 2.45) is 5.92 Å². The van der Waals surface area contributed by atoms with Crippen molar-refractivity contribution in [2.45, 2.75) is 26.0 Å². The van der Waals surface area contributed by atoms with Gasteiger partial charge in [0, 0.05) is 37.7 Å². The third kappa shape index (κ3) is 3.82. The first kappa shape index (κ1) is 19.4. The second kappa shape index (κ2) is 7.96. The lowest BCUT2D eigenvalue weighted by atomic mass is 10.0. The fourth-order valence-electron chi connectivity index (χ4n) is 4.18. The van der Waals surface area contributed by atoms with Gasteiger partial charge in [-0.15, -0.1) is 0 Å². The number of aromatic nitrogens is 4. The highest BCUT2D eigenvalue weighted by atomic mass is 16.5. The Bertz CT molecular complexity index is 1220. The SMILES string of the molecule is Cc1cc(C[C@@H]2CN(C(=O)c3nn(Cc4ccccc4)c4ncccc34)C[C@@H]2O)on1. The van der Waals surface area contributed by atoms with Crippen LogP contribution in [0.5, 0.6) is 0 Å². The van der Waals surface area contributed by atoms with E-state index in [-0.39, 0.29) is 18.4 Å². The summed E-state index contributed by atoms with van der Waals surface area (Å²) in [6.07, 6.45) is 1.62. The molecule has 0 radical (unpaired) electrons. The molecule has 1 aromatic carbocycles. The van der Waals surface area contributed by atoms with Crippen LogP contribution in [0.2, 0.25) is 0 Å². The maximum absolute atomic E-state index is 13.3. The first-order chi connectivity index (χ1) is 15.1. The van der Waals surface area contributed by atoms with Crippen LogP contribution in [0.4, 0.5) is 0 Å². The van der Waals surface area contributed by atoms with Gasteiger partial charge in [-0.1, -0.05) is 35.5 Å². The molecule has 0 saturated carbocycles. The number of rotatable bonds is 5. The molecule has 4 heterocycles. The molecule has 1 amide bonds. The van der Waals surface area contributed by atoms with Crippen molar-refractivity contribution in [3.05, 3.63) is 77.4 Å². The molecule has 1 aliphatic rings. The summed E-state index contributed by atoms with van der Waals surface area (Å²) in [5.74, 6) is 0.421. The monoisotopic (exact) mass is 417 g/mol. The molecule has 31 heavy (non-hydrogen) atoms. The molecule has 8 nitrogen and oxygen atoms in total. The molecule has 1 fully saturated rings. The molecular weight excluding hydrogens is 394 g/mol. The van der Waals surface area contributed by atoms with E-state index in [1.54, 1.807) is 15.8 Å². The number of fused-ring (bicyclic) bond motifs is 1. The summed E-state index contributed by atoms with van der Waals surface area (Å²) in [6, 6.07) is 15.5. The van der Waals surface area contributed by atoms with Crippen LogP contribution < -0.4 is 0 Å². The van der Waals surface area contributed by atoms with Gasteiger partial charge in [-0.2, -0.15) is 5.10 Å². The minimum absolute atomic E-state index is 0.105. The van der Waals surface area contributed by atoms with Gasteiger partial charge in [0.25, 0.3) is 5.91 Å². The zero-order chi connectivity index (χ0) is 21.4. The van der Waals surface area contributed by atoms with E-state index in [1.165, 1.54) is 0 Å². The van der Waals surface area contributed by atoms with E-state index in [0.29, 0.717) is 36.2 Å². The van der Waals surface area contributed by atoms with Gasteiger partial charge in [0.2, 0.25) is 0 Å². The van der Waals surface area contributed by atoms with Crippen molar-refractivity contribution >= 4 is 16.9 Å². The van der Waals surface area contributed by atoms with Crippen LogP contribution in [0.1, 0.15) is 27.5 Å². The summed E-state index contributed by atoms with van der Waals surface area (Å²) in [6.45, 7) is 3.09. The molecule has 1 N–H and O–H groups in total. The number of aryl methyl sites for hydroxylation is 1. The normalized spacial score (nSPS) is 18.7. The van der Waals surface area contributed by atoms with E-state index in [9.17, 15) is 9.90 Å². The quantitative estimate of drug-likeness (QED) is 0.536.